The molecule has 0 saturated carbocycles. The van der Waals surface area contributed by atoms with E-state index in [0.717, 1.165) is 6.92 Å². The first-order valence-corrected chi connectivity index (χ1v) is 1.35. The van der Waals surface area contributed by atoms with Gasteiger partial charge in [0.15, 0.2) is 0 Å². The largest absolute Gasteiger partial charge is 0.0654 e. The van der Waals surface area contributed by atoms with Gasteiger partial charge in [0.2, 0.25) is 0 Å². The van der Waals surface area contributed by atoms with E-state index in [1.807, 2.05) is 0 Å². The first-order chi connectivity index (χ1) is 5.06. The van der Waals surface area contributed by atoms with Gasteiger partial charge in [0.05, 0.1) is 0 Å². The predicted molar refractivity (Wildman–Crippen MR) is 25.2 cm³/mol. The molecule has 0 rings (SSSR count). The third kappa shape index (κ3) is 4.00. The Hall–Kier alpha value is 0. The molecule has 0 unspecified atom stereocenters. The molecule has 0 aromatic carbocycles. The summed E-state index contributed by atoms with van der Waals surface area (Å²) in [6, 6.07) is 0. The zero-order chi connectivity index (χ0) is 10.2. The van der Waals surface area contributed by atoms with Crippen LogP contribution in [0.15, 0.2) is 0 Å². The van der Waals surface area contributed by atoms with Crippen molar-refractivity contribution in [1.82, 2.24) is 0 Å². The minimum atomic E-state index is -2.64. The quantitative estimate of drug-likeness (QED) is 0.476. The van der Waals surface area contributed by atoms with E-state index in [-0.39, 0.29) is 0 Å². The van der Waals surface area contributed by atoms with Crippen LogP contribution < -0.4 is 0 Å². The van der Waals surface area contributed by atoms with E-state index in [4.69, 9.17) is 9.60 Å². The zero-order valence-electron chi connectivity index (χ0n) is 10.2. The Morgan fingerprint density at radius 2 is 2.60 bits per heavy atom. The lowest BCUT2D eigenvalue weighted by atomic mass is 10.3. The molecule has 5 heavy (non-hydrogen) atoms. The molecule has 0 heterocycles. The van der Waals surface area contributed by atoms with Crippen LogP contribution in [-0.4, -0.2) is 0 Å². The smallest absolute Gasteiger partial charge is 0.0266 e. The van der Waals surface area contributed by atoms with Gasteiger partial charge in [-0.1, -0.05) is 32.9 Å². The molecular formula is C5H12. The average Bonchev–Trinajstić information content (AvgIpc) is 1.85. The molecule has 0 N–H and O–H groups in total. The fourth-order valence-corrected chi connectivity index (χ4v) is 0.0884. The van der Waals surface area contributed by atoms with Crippen LogP contribution >= 0.6 is 0 Å². The molecule has 0 saturated heterocycles. The van der Waals surface area contributed by atoms with Crippen molar-refractivity contribution in [2.75, 3.05) is 0 Å². The van der Waals surface area contributed by atoms with E-state index < -0.39 is 26.0 Å². The van der Waals surface area contributed by atoms with Crippen molar-refractivity contribution in [2.24, 2.45) is 0 Å². The molecule has 0 aromatic heterocycles. The molecule has 0 bridgehead atoms. The molecule has 0 spiro atoms. The highest BCUT2D eigenvalue weighted by molar-refractivity contribution is 4.24. The summed E-state index contributed by atoms with van der Waals surface area (Å²) in [5.41, 5.74) is 0. The monoisotopic (exact) mass is 79.1 g/mol. The fourth-order valence-electron chi connectivity index (χ4n) is 0.0884. The SMILES string of the molecule is [2H]CC([2H])([2H])C([2H])([2H])C([2H])([2H])C. The molecule has 0 aromatic rings. The van der Waals surface area contributed by atoms with E-state index in [9.17, 15) is 0 Å². The Morgan fingerprint density at radius 1 is 1.80 bits per heavy atom. The van der Waals surface area contributed by atoms with Crippen molar-refractivity contribution < 1.29 is 9.60 Å². The standard InChI is InChI=1S/C5H12/c1-3-5-4-2/h3-5H2,1-2H3/i1D,3D2,4D2,5D2. The topological polar surface area (TPSA) is 0 Å². The summed E-state index contributed by atoms with van der Waals surface area (Å²) in [6.45, 7) is 0.188. The van der Waals surface area contributed by atoms with Gasteiger partial charge in [-0.25, -0.2) is 0 Å². The van der Waals surface area contributed by atoms with Gasteiger partial charge in [0.1, 0.15) is 0 Å². The van der Waals surface area contributed by atoms with Crippen LogP contribution in [0.2, 0.25) is 0 Å². The second kappa shape index (κ2) is 4.00. The van der Waals surface area contributed by atoms with Crippen LogP contribution in [0.5, 0.6) is 0 Å². The maximum absolute atomic E-state index is 7.18. The second-order valence-corrected chi connectivity index (χ2v) is 0.552. The highest BCUT2D eigenvalue weighted by atomic mass is 13.7. The van der Waals surface area contributed by atoms with E-state index in [0.29, 0.717) is 0 Å². The number of rotatable bonds is 2. The van der Waals surface area contributed by atoms with Crippen molar-refractivity contribution >= 4 is 0 Å². The van der Waals surface area contributed by atoms with Crippen molar-refractivity contribution in [3.63, 3.8) is 0 Å². The number of hydrogen-bond acceptors (Lipinski definition) is 0. The minimum Gasteiger partial charge on any atom is -0.0654 e. The summed E-state index contributed by atoms with van der Waals surface area (Å²) in [6.07, 6.45) is -7.37. The molecule has 0 heteroatoms. The van der Waals surface area contributed by atoms with E-state index >= 15 is 0 Å². The van der Waals surface area contributed by atoms with Crippen molar-refractivity contribution in [3.05, 3.63) is 0 Å². The van der Waals surface area contributed by atoms with Gasteiger partial charge in [-0.15, -0.1) is 0 Å². The normalized spacial score (nSPS) is 37.4. The molecular weight excluding hydrogens is 60.1 g/mol. The summed E-state index contributed by atoms with van der Waals surface area (Å²) in [5, 5.41) is 0. The zero-order valence-corrected chi connectivity index (χ0v) is 3.21. The summed E-state index contributed by atoms with van der Waals surface area (Å²) >= 11 is 0. The maximum Gasteiger partial charge on any atom is 0.0266 e. The minimum absolute atomic E-state index is 0.784. The third-order valence-electron chi connectivity index (χ3n) is 0.213. The Labute approximate surface area is 44.0 Å². The van der Waals surface area contributed by atoms with Gasteiger partial charge in [-0.3, -0.25) is 0 Å². The van der Waals surface area contributed by atoms with Gasteiger partial charge in [0.25, 0.3) is 0 Å². The maximum atomic E-state index is 7.18. The summed E-state index contributed by atoms with van der Waals surface area (Å²) in [7, 11) is 0. The lowest BCUT2D eigenvalue weighted by molar-refractivity contribution is 0.772. The van der Waals surface area contributed by atoms with Crippen molar-refractivity contribution in [2.45, 2.75) is 32.9 Å². The van der Waals surface area contributed by atoms with E-state index in [1.165, 1.54) is 0 Å². The molecule has 0 fully saturated rings. The Balaban J connectivity index is 4.85. The predicted octanol–water partition coefficient (Wildman–Crippen LogP) is 2.20. The molecule has 32 valence electrons. The van der Waals surface area contributed by atoms with Gasteiger partial charge < -0.3 is 0 Å². The average molecular weight is 79.2 g/mol. The third-order valence-corrected chi connectivity index (χ3v) is 0.213. The first-order valence-electron chi connectivity index (χ1n) is 5.06. The van der Waals surface area contributed by atoms with Gasteiger partial charge >= 0.3 is 0 Å². The van der Waals surface area contributed by atoms with E-state index in [1.54, 1.807) is 0 Å². The molecule has 0 aliphatic heterocycles. The lowest BCUT2D eigenvalue weighted by Gasteiger charge is -1.79. The lowest BCUT2D eigenvalue weighted by Crippen LogP contribution is -1.59. The Bertz CT molecular complexity index is 156. The highest BCUT2D eigenvalue weighted by Crippen LogP contribution is 1.88. The Morgan fingerprint density at radius 3 is 2.80 bits per heavy atom. The number of hydrogen-bond donors (Lipinski definition) is 0. The first kappa shape index (κ1) is 0.661. The van der Waals surface area contributed by atoms with Crippen LogP contribution in [0, 0.1) is 0 Å². The molecule has 0 nitrogen and oxygen atoms in total. The Kier molecular flexibility index (Phi) is 0.529. The second-order valence-electron chi connectivity index (χ2n) is 0.552. The molecule has 0 aliphatic rings. The molecule has 0 radical (unpaired) electrons. The van der Waals surface area contributed by atoms with E-state index in [2.05, 4.69) is 0 Å². The van der Waals surface area contributed by atoms with Gasteiger partial charge in [-0.2, -0.15) is 0 Å². The fraction of sp³-hybridized carbons (Fsp3) is 1.00. The van der Waals surface area contributed by atoms with Crippen molar-refractivity contribution in [1.29, 1.82) is 0 Å². The van der Waals surface area contributed by atoms with Crippen LogP contribution in [-0.2, 0) is 0 Å². The van der Waals surface area contributed by atoms with Gasteiger partial charge in [-0.05, 0) is 0 Å². The molecule has 0 amide bonds. The highest BCUT2D eigenvalue weighted by Gasteiger charge is 1.68. The van der Waals surface area contributed by atoms with Crippen molar-refractivity contribution in [3.8, 4) is 0 Å². The van der Waals surface area contributed by atoms with Crippen LogP contribution in [0.3, 0.4) is 0 Å². The van der Waals surface area contributed by atoms with Gasteiger partial charge in [0, 0.05) is 9.60 Å². The van der Waals surface area contributed by atoms with Crippen LogP contribution in [0.1, 0.15) is 42.5 Å². The summed E-state index contributed by atoms with van der Waals surface area (Å²) in [5.74, 6) is 0. The molecule has 0 atom stereocenters. The van der Waals surface area contributed by atoms with Crippen LogP contribution in [0.25, 0.3) is 0 Å². The summed E-state index contributed by atoms with van der Waals surface area (Å²) in [4.78, 5) is 0. The van der Waals surface area contributed by atoms with Crippen LogP contribution in [0.4, 0.5) is 0 Å². The summed E-state index contributed by atoms with van der Waals surface area (Å²) < 4.78 is 49.4. The molecule has 0 aliphatic carbocycles.